The molecular weight excluding hydrogens is 146 g/mol. The second-order valence-corrected chi connectivity index (χ2v) is 2.88. The molecule has 1 aliphatic rings. The first-order valence-corrected chi connectivity index (χ1v) is 3.69. The molecule has 1 unspecified atom stereocenters. The minimum atomic E-state index is 0.574. The van der Waals surface area contributed by atoms with Gasteiger partial charge in [-0.15, -0.1) is 0 Å². The van der Waals surface area contributed by atoms with Gasteiger partial charge in [0.1, 0.15) is 5.15 Å². The van der Waals surface area contributed by atoms with E-state index in [4.69, 9.17) is 11.6 Å². The molecule has 1 radical (unpaired) electrons. The van der Waals surface area contributed by atoms with Crippen molar-refractivity contribution in [3.8, 4) is 0 Å². The van der Waals surface area contributed by atoms with Gasteiger partial charge in [-0.3, -0.25) is 0 Å². The van der Waals surface area contributed by atoms with Crippen LogP contribution < -0.4 is 0 Å². The Bertz CT molecular complexity index is 226. The van der Waals surface area contributed by atoms with Gasteiger partial charge >= 0.3 is 0 Å². The van der Waals surface area contributed by atoms with E-state index >= 15 is 0 Å². The first-order chi connectivity index (χ1) is 4.86. The Balaban J connectivity index is 2.28. The van der Waals surface area contributed by atoms with Crippen LogP contribution >= 0.6 is 11.6 Å². The molecule has 0 aromatic carbocycles. The fraction of sp³-hybridized carbons (Fsp3) is 0.250. The summed E-state index contributed by atoms with van der Waals surface area (Å²) < 4.78 is 0. The first-order valence-electron chi connectivity index (χ1n) is 3.31. The lowest BCUT2D eigenvalue weighted by molar-refractivity contribution is 1.12. The van der Waals surface area contributed by atoms with Gasteiger partial charge in [0.05, 0.1) is 0 Å². The third-order valence-corrected chi connectivity index (χ3v) is 1.87. The molecule has 0 amide bonds. The van der Waals surface area contributed by atoms with Gasteiger partial charge in [0, 0.05) is 6.20 Å². The Morgan fingerprint density at radius 2 is 2.30 bits per heavy atom. The summed E-state index contributed by atoms with van der Waals surface area (Å²) in [7, 11) is 0. The van der Waals surface area contributed by atoms with E-state index in [0.29, 0.717) is 11.1 Å². The minimum Gasteiger partial charge on any atom is -0.244 e. The van der Waals surface area contributed by atoms with E-state index in [1.165, 1.54) is 12.0 Å². The lowest BCUT2D eigenvalue weighted by Crippen LogP contribution is -1.80. The fourth-order valence-electron chi connectivity index (χ4n) is 0.947. The van der Waals surface area contributed by atoms with Crippen molar-refractivity contribution >= 4 is 11.6 Å². The summed E-state index contributed by atoms with van der Waals surface area (Å²) in [6.45, 7) is 0. The number of hydrogen-bond donors (Lipinski definition) is 0. The Labute approximate surface area is 65.0 Å². The lowest BCUT2D eigenvalue weighted by Gasteiger charge is -1.94. The van der Waals surface area contributed by atoms with Crippen molar-refractivity contribution in [1.29, 1.82) is 0 Å². The number of halogens is 1. The first kappa shape index (κ1) is 6.17. The molecule has 2 rings (SSSR count). The second-order valence-electron chi connectivity index (χ2n) is 2.49. The highest BCUT2D eigenvalue weighted by atomic mass is 35.5. The average molecular weight is 153 g/mol. The molecule has 0 aliphatic heterocycles. The highest BCUT2D eigenvalue weighted by Gasteiger charge is 2.23. The number of rotatable bonds is 1. The van der Waals surface area contributed by atoms with E-state index in [2.05, 4.69) is 11.4 Å². The number of pyridine rings is 1. The van der Waals surface area contributed by atoms with Crippen LogP contribution in [-0.2, 0) is 0 Å². The standard InChI is InChI=1S/C8H7ClN/c9-8-4-3-7(5-10-8)6-1-2-6/h1,3-6H,2H2. The molecule has 0 bridgehead atoms. The van der Waals surface area contributed by atoms with Gasteiger partial charge in [0.2, 0.25) is 0 Å². The SMILES string of the molecule is Clc1ccc(C2[CH]C2)cn1. The molecular formula is C8H7ClN. The molecule has 1 aromatic rings. The van der Waals surface area contributed by atoms with Crippen molar-refractivity contribution in [2.24, 2.45) is 0 Å². The van der Waals surface area contributed by atoms with E-state index in [1.54, 1.807) is 0 Å². The summed E-state index contributed by atoms with van der Waals surface area (Å²) in [6, 6.07) is 3.87. The van der Waals surface area contributed by atoms with E-state index in [0.717, 1.165) is 0 Å². The van der Waals surface area contributed by atoms with Gasteiger partial charge < -0.3 is 0 Å². The lowest BCUT2D eigenvalue weighted by atomic mass is 10.2. The Kier molecular flexibility index (Phi) is 1.38. The molecule has 0 N–H and O–H groups in total. The normalized spacial score (nSPS) is 17.3. The molecule has 51 valence electrons. The van der Waals surface area contributed by atoms with Crippen LogP contribution in [0.25, 0.3) is 0 Å². The maximum Gasteiger partial charge on any atom is 0.129 e. The topological polar surface area (TPSA) is 12.9 Å². The Morgan fingerprint density at radius 3 is 2.80 bits per heavy atom. The number of nitrogens with zero attached hydrogens (tertiary/aromatic N) is 1. The zero-order valence-electron chi connectivity index (χ0n) is 5.42. The summed E-state index contributed by atoms with van der Waals surface area (Å²) in [5, 5.41) is 0.574. The van der Waals surface area contributed by atoms with Gasteiger partial charge in [-0.25, -0.2) is 4.98 Å². The summed E-state index contributed by atoms with van der Waals surface area (Å²) in [6.07, 6.45) is 5.30. The van der Waals surface area contributed by atoms with Crippen molar-refractivity contribution in [3.63, 3.8) is 0 Å². The van der Waals surface area contributed by atoms with Crippen LogP contribution in [0, 0.1) is 6.42 Å². The molecule has 10 heavy (non-hydrogen) atoms. The van der Waals surface area contributed by atoms with E-state index < -0.39 is 0 Å². The summed E-state index contributed by atoms with van der Waals surface area (Å²) >= 11 is 5.62. The number of hydrogen-bond acceptors (Lipinski definition) is 1. The quantitative estimate of drug-likeness (QED) is 0.564. The molecule has 1 fully saturated rings. The van der Waals surface area contributed by atoms with Crippen molar-refractivity contribution in [2.45, 2.75) is 12.3 Å². The van der Waals surface area contributed by atoms with Crippen LogP contribution in [0.1, 0.15) is 17.9 Å². The maximum absolute atomic E-state index is 5.62. The van der Waals surface area contributed by atoms with Crippen molar-refractivity contribution < 1.29 is 0 Å². The molecule has 0 spiro atoms. The molecule has 0 saturated heterocycles. The van der Waals surface area contributed by atoms with Crippen molar-refractivity contribution in [2.75, 3.05) is 0 Å². The third kappa shape index (κ3) is 1.14. The van der Waals surface area contributed by atoms with Crippen molar-refractivity contribution in [1.82, 2.24) is 4.98 Å². The third-order valence-electron chi connectivity index (χ3n) is 1.65. The summed E-state index contributed by atoms with van der Waals surface area (Å²) in [5.41, 5.74) is 1.28. The fourth-order valence-corrected chi connectivity index (χ4v) is 1.06. The van der Waals surface area contributed by atoms with Gasteiger partial charge in [-0.1, -0.05) is 17.7 Å². The molecule has 1 heterocycles. The van der Waals surface area contributed by atoms with Crippen LogP contribution in [0.3, 0.4) is 0 Å². The second kappa shape index (κ2) is 2.24. The van der Waals surface area contributed by atoms with Crippen molar-refractivity contribution in [3.05, 3.63) is 35.5 Å². The summed E-state index contributed by atoms with van der Waals surface area (Å²) in [4.78, 5) is 3.99. The molecule has 2 heteroatoms. The highest BCUT2D eigenvalue weighted by molar-refractivity contribution is 6.29. The average Bonchev–Trinajstić information content (AvgIpc) is 2.71. The summed E-state index contributed by atoms with van der Waals surface area (Å²) in [5.74, 6) is 0.657. The zero-order valence-corrected chi connectivity index (χ0v) is 6.17. The predicted molar refractivity (Wildman–Crippen MR) is 40.9 cm³/mol. The smallest absolute Gasteiger partial charge is 0.129 e. The molecule has 1 aromatic heterocycles. The van der Waals surface area contributed by atoms with Crippen LogP contribution in [0.15, 0.2) is 18.3 Å². The molecule has 1 aliphatic carbocycles. The van der Waals surface area contributed by atoms with Crippen LogP contribution in [0.5, 0.6) is 0 Å². The van der Waals surface area contributed by atoms with E-state index in [-0.39, 0.29) is 0 Å². The van der Waals surface area contributed by atoms with E-state index in [1.807, 2.05) is 18.3 Å². The number of aromatic nitrogens is 1. The van der Waals surface area contributed by atoms with E-state index in [9.17, 15) is 0 Å². The predicted octanol–water partition coefficient (Wildman–Crippen LogP) is 2.43. The Hall–Kier alpha value is -0.560. The van der Waals surface area contributed by atoms with Gasteiger partial charge in [0.15, 0.2) is 0 Å². The maximum atomic E-state index is 5.62. The van der Waals surface area contributed by atoms with Crippen LogP contribution in [-0.4, -0.2) is 4.98 Å². The molecule has 1 nitrogen and oxygen atoms in total. The van der Waals surface area contributed by atoms with Crippen LogP contribution in [0.4, 0.5) is 0 Å². The Morgan fingerprint density at radius 1 is 1.50 bits per heavy atom. The molecule has 1 atom stereocenters. The van der Waals surface area contributed by atoms with Gasteiger partial charge in [0.25, 0.3) is 0 Å². The molecule has 1 saturated carbocycles. The highest BCUT2D eigenvalue weighted by Crippen LogP contribution is 2.38. The van der Waals surface area contributed by atoms with Gasteiger partial charge in [-0.05, 0) is 30.4 Å². The zero-order chi connectivity index (χ0) is 6.97. The van der Waals surface area contributed by atoms with Gasteiger partial charge in [-0.2, -0.15) is 0 Å². The largest absolute Gasteiger partial charge is 0.244 e. The van der Waals surface area contributed by atoms with Crippen LogP contribution in [0.2, 0.25) is 5.15 Å². The minimum absolute atomic E-state index is 0.574. The monoisotopic (exact) mass is 152 g/mol.